The molecule has 4 nitrogen and oxygen atoms in total. The van der Waals surface area contributed by atoms with Gasteiger partial charge in [-0.15, -0.1) is 0 Å². The highest BCUT2D eigenvalue weighted by Crippen LogP contribution is 2.30. The van der Waals surface area contributed by atoms with E-state index in [1.807, 2.05) is 31.1 Å². The maximum atomic E-state index is 12.2. The summed E-state index contributed by atoms with van der Waals surface area (Å²) >= 11 is 0. The van der Waals surface area contributed by atoms with Crippen LogP contribution in [0, 0.1) is 0 Å². The number of hydrogen-bond acceptors (Lipinski definition) is 4. The zero-order valence-corrected chi connectivity index (χ0v) is 12.9. The molecule has 0 bridgehead atoms. The van der Waals surface area contributed by atoms with E-state index in [4.69, 9.17) is 4.74 Å². The molecule has 0 fully saturated rings. The molecule has 0 saturated carbocycles. The summed E-state index contributed by atoms with van der Waals surface area (Å²) in [6, 6.07) is 12.5. The predicted octanol–water partition coefficient (Wildman–Crippen LogP) is 3.36. The van der Waals surface area contributed by atoms with Crippen molar-refractivity contribution < 1.29 is 14.6 Å². The van der Waals surface area contributed by atoms with Gasteiger partial charge in [0.25, 0.3) is 0 Å². The smallest absolute Gasteiger partial charge is 0.185 e. The van der Waals surface area contributed by atoms with Crippen LogP contribution in [0.15, 0.2) is 48.5 Å². The number of benzene rings is 2. The highest BCUT2D eigenvalue weighted by atomic mass is 16.5. The molecule has 0 atom stereocenters. The molecular weight excluding hydrogens is 278 g/mol. The zero-order valence-electron chi connectivity index (χ0n) is 12.9. The van der Waals surface area contributed by atoms with Crippen molar-refractivity contribution >= 4 is 17.5 Å². The second-order valence-electron chi connectivity index (χ2n) is 5.04. The molecule has 0 aliphatic heterocycles. The number of nitrogens with zero attached hydrogens (tertiary/aromatic N) is 1. The molecule has 4 heteroatoms. The van der Waals surface area contributed by atoms with Crippen LogP contribution in [0.5, 0.6) is 11.5 Å². The molecule has 114 valence electrons. The molecule has 0 aliphatic rings. The van der Waals surface area contributed by atoms with Crippen molar-refractivity contribution in [3.8, 4) is 11.5 Å². The van der Waals surface area contributed by atoms with E-state index in [2.05, 4.69) is 0 Å². The van der Waals surface area contributed by atoms with E-state index in [0.717, 1.165) is 5.69 Å². The fraction of sp³-hybridized carbons (Fsp3) is 0.167. The number of para-hydroxylation sites is 1. The summed E-state index contributed by atoms with van der Waals surface area (Å²) in [5, 5.41) is 9.98. The monoisotopic (exact) mass is 297 g/mol. The Morgan fingerprint density at radius 2 is 1.82 bits per heavy atom. The Labute approximate surface area is 130 Å². The van der Waals surface area contributed by atoms with Crippen LogP contribution in [0.4, 0.5) is 5.69 Å². The van der Waals surface area contributed by atoms with Gasteiger partial charge < -0.3 is 14.7 Å². The van der Waals surface area contributed by atoms with Gasteiger partial charge in [-0.2, -0.15) is 0 Å². The van der Waals surface area contributed by atoms with Crippen molar-refractivity contribution in [1.29, 1.82) is 0 Å². The van der Waals surface area contributed by atoms with E-state index in [1.54, 1.807) is 36.4 Å². The van der Waals surface area contributed by atoms with Crippen molar-refractivity contribution in [2.24, 2.45) is 0 Å². The van der Waals surface area contributed by atoms with E-state index in [1.165, 1.54) is 13.2 Å². The molecule has 22 heavy (non-hydrogen) atoms. The molecular formula is C18H19NO3. The first-order chi connectivity index (χ1) is 10.5. The average molecular weight is 297 g/mol. The standard InChI is InChI=1S/C18H19NO3/c1-19(2)15-10-7-13(8-11-15)16(20)12-9-14-5-4-6-17(22-3)18(14)21/h4-12,21H,1-3H3/b12-9+. The minimum absolute atomic E-state index is 0.0250. The van der Waals surface area contributed by atoms with Gasteiger partial charge in [-0.1, -0.05) is 12.1 Å². The normalized spacial score (nSPS) is 10.7. The molecule has 0 aliphatic carbocycles. The molecule has 0 saturated heterocycles. The lowest BCUT2D eigenvalue weighted by atomic mass is 10.1. The molecule has 0 radical (unpaired) electrons. The number of hydrogen-bond donors (Lipinski definition) is 1. The number of ketones is 1. The number of rotatable bonds is 5. The van der Waals surface area contributed by atoms with Gasteiger partial charge in [-0.3, -0.25) is 4.79 Å². The first-order valence-electron chi connectivity index (χ1n) is 6.88. The van der Waals surface area contributed by atoms with Crippen molar-refractivity contribution in [2.75, 3.05) is 26.1 Å². The number of carbonyl (C=O) groups is 1. The maximum absolute atomic E-state index is 12.2. The van der Waals surface area contributed by atoms with Crippen molar-refractivity contribution in [2.45, 2.75) is 0 Å². The Kier molecular flexibility index (Phi) is 4.84. The molecule has 2 aromatic rings. The van der Waals surface area contributed by atoms with Crippen LogP contribution in [0.3, 0.4) is 0 Å². The molecule has 0 spiro atoms. The summed E-state index contributed by atoms with van der Waals surface area (Å²) in [5.41, 5.74) is 2.17. The highest BCUT2D eigenvalue weighted by Gasteiger charge is 2.06. The fourth-order valence-electron chi connectivity index (χ4n) is 2.02. The number of phenolic OH excluding ortho intramolecular Hbond substituents is 1. The Morgan fingerprint density at radius 1 is 1.14 bits per heavy atom. The summed E-state index contributed by atoms with van der Waals surface area (Å²) in [6.07, 6.45) is 3.03. The molecule has 0 amide bonds. The topological polar surface area (TPSA) is 49.8 Å². The van der Waals surface area contributed by atoms with Crippen LogP contribution in [-0.2, 0) is 0 Å². The van der Waals surface area contributed by atoms with E-state index in [0.29, 0.717) is 16.9 Å². The third kappa shape index (κ3) is 3.47. The summed E-state index contributed by atoms with van der Waals surface area (Å²) in [4.78, 5) is 14.1. The van der Waals surface area contributed by atoms with Crippen LogP contribution in [0.25, 0.3) is 6.08 Å². The van der Waals surface area contributed by atoms with E-state index >= 15 is 0 Å². The SMILES string of the molecule is COc1cccc(/C=C/C(=O)c2ccc(N(C)C)cc2)c1O. The second kappa shape index (κ2) is 6.80. The number of ether oxygens (including phenoxy) is 1. The quantitative estimate of drug-likeness (QED) is 0.679. The Hall–Kier alpha value is -2.75. The largest absolute Gasteiger partial charge is 0.504 e. The number of allylic oxidation sites excluding steroid dienone is 1. The Balaban J connectivity index is 2.18. The van der Waals surface area contributed by atoms with Gasteiger partial charge in [0.05, 0.1) is 7.11 Å². The molecule has 0 unspecified atom stereocenters. The van der Waals surface area contributed by atoms with Gasteiger partial charge in [-0.05, 0) is 42.5 Å². The van der Waals surface area contributed by atoms with Crippen LogP contribution in [0.2, 0.25) is 0 Å². The van der Waals surface area contributed by atoms with Crippen LogP contribution in [-0.4, -0.2) is 32.1 Å². The first-order valence-corrected chi connectivity index (χ1v) is 6.88. The third-order valence-corrected chi connectivity index (χ3v) is 3.33. The summed E-state index contributed by atoms with van der Waals surface area (Å²) in [5.74, 6) is 0.287. The lowest BCUT2D eigenvalue weighted by Gasteiger charge is -2.11. The van der Waals surface area contributed by atoms with Crippen molar-refractivity contribution in [3.05, 3.63) is 59.7 Å². The molecule has 0 heterocycles. The minimum atomic E-state index is -0.118. The molecule has 2 aromatic carbocycles. The zero-order chi connectivity index (χ0) is 16.1. The van der Waals surface area contributed by atoms with Gasteiger partial charge in [-0.25, -0.2) is 0 Å². The summed E-state index contributed by atoms with van der Waals surface area (Å²) in [6.45, 7) is 0. The van der Waals surface area contributed by atoms with Gasteiger partial charge in [0, 0.05) is 30.9 Å². The number of phenols is 1. The number of carbonyl (C=O) groups excluding carboxylic acids is 1. The Morgan fingerprint density at radius 3 is 2.41 bits per heavy atom. The Bertz CT molecular complexity index is 688. The van der Waals surface area contributed by atoms with Crippen LogP contribution in [0.1, 0.15) is 15.9 Å². The third-order valence-electron chi connectivity index (χ3n) is 3.33. The van der Waals surface area contributed by atoms with Gasteiger partial charge in [0.2, 0.25) is 0 Å². The lowest BCUT2D eigenvalue weighted by Crippen LogP contribution is -2.08. The number of anilines is 1. The first kappa shape index (κ1) is 15.6. The van der Waals surface area contributed by atoms with Crippen LogP contribution >= 0.6 is 0 Å². The van der Waals surface area contributed by atoms with Gasteiger partial charge in [0.1, 0.15) is 0 Å². The van der Waals surface area contributed by atoms with E-state index in [-0.39, 0.29) is 11.5 Å². The summed E-state index contributed by atoms with van der Waals surface area (Å²) in [7, 11) is 5.38. The van der Waals surface area contributed by atoms with E-state index < -0.39 is 0 Å². The number of methoxy groups -OCH3 is 1. The minimum Gasteiger partial charge on any atom is -0.504 e. The summed E-state index contributed by atoms with van der Waals surface area (Å²) < 4.78 is 5.04. The number of aromatic hydroxyl groups is 1. The van der Waals surface area contributed by atoms with Gasteiger partial charge >= 0.3 is 0 Å². The van der Waals surface area contributed by atoms with E-state index in [9.17, 15) is 9.90 Å². The lowest BCUT2D eigenvalue weighted by molar-refractivity contribution is 0.104. The fourth-order valence-corrected chi connectivity index (χ4v) is 2.02. The molecule has 2 rings (SSSR count). The van der Waals surface area contributed by atoms with Crippen molar-refractivity contribution in [3.63, 3.8) is 0 Å². The maximum Gasteiger partial charge on any atom is 0.185 e. The van der Waals surface area contributed by atoms with Gasteiger partial charge in [0.15, 0.2) is 17.3 Å². The highest BCUT2D eigenvalue weighted by molar-refractivity contribution is 6.07. The molecule has 1 N–H and O–H groups in total. The molecule has 0 aromatic heterocycles. The average Bonchev–Trinajstić information content (AvgIpc) is 2.53. The predicted molar refractivity (Wildman–Crippen MR) is 88.8 cm³/mol. The second-order valence-corrected chi connectivity index (χ2v) is 5.04. The van der Waals surface area contributed by atoms with Crippen molar-refractivity contribution in [1.82, 2.24) is 0 Å². The van der Waals surface area contributed by atoms with Crippen LogP contribution < -0.4 is 9.64 Å².